The van der Waals surface area contributed by atoms with Gasteiger partial charge in [-0.3, -0.25) is 4.79 Å². The number of nitrogen functional groups attached to an aromatic ring is 1. The van der Waals surface area contributed by atoms with Crippen LogP contribution >= 0.6 is 0 Å². The molecule has 0 saturated carbocycles. The van der Waals surface area contributed by atoms with Crippen LogP contribution in [0.4, 0.5) is 11.5 Å². The normalized spacial score (nSPS) is 10.5. The molecule has 0 radical (unpaired) electrons. The fraction of sp³-hybridized carbons (Fsp3) is 0.0667. The molecule has 2 heterocycles. The van der Waals surface area contributed by atoms with E-state index in [1.165, 1.54) is 6.26 Å². The summed E-state index contributed by atoms with van der Waals surface area (Å²) in [4.78, 5) is 12.2. The zero-order valence-electron chi connectivity index (χ0n) is 11.4. The van der Waals surface area contributed by atoms with Gasteiger partial charge in [0.15, 0.2) is 5.76 Å². The molecule has 1 amide bonds. The predicted molar refractivity (Wildman–Crippen MR) is 79.4 cm³/mol. The largest absolute Gasteiger partial charge is 0.459 e. The highest BCUT2D eigenvalue weighted by molar-refractivity contribution is 6.02. The Balaban J connectivity index is 1.88. The van der Waals surface area contributed by atoms with Gasteiger partial charge >= 0.3 is 0 Å². The molecule has 0 bridgehead atoms. The van der Waals surface area contributed by atoms with E-state index in [0.29, 0.717) is 17.3 Å². The van der Waals surface area contributed by atoms with E-state index in [1.807, 2.05) is 19.1 Å². The van der Waals surface area contributed by atoms with Gasteiger partial charge in [0.25, 0.3) is 5.91 Å². The van der Waals surface area contributed by atoms with Crippen molar-refractivity contribution in [3.8, 4) is 5.69 Å². The number of anilines is 2. The minimum Gasteiger partial charge on any atom is -0.459 e. The quantitative estimate of drug-likeness (QED) is 0.723. The lowest BCUT2D eigenvalue weighted by molar-refractivity contribution is 0.0995. The van der Waals surface area contributed by atoms with E-state index in [-0.39, 0.29) is 5.91 Å². The Morgan fingerprint density at radius 1 is 1.24 bits per heavy atom. The van der Waals surface area contributed by atoms with Gasteiger partial charge in [0, 0.05) is 17.3 Å². The van der Waals surface area contributed by atoms with E-state index < -0.39 is 0 Å². The summed E-state index contributed by atoms with van der Waals surface area (Å²) in [6.45, 7) is 1.82. The summed E-state index contributed by atoms with van der Waals surface area (Å²) in [5, 5.41) is 6.99. The SMILES string of the molecule is Cc1ccoc1C(=O)Nc1ccnn1-c1ccc(N)cc1. The standard InChI is InChI=1S/C15H14N4O2/c1-10-7-9-21-14(10)15(20)18-13-6-8-17-19(13)12-4-2-11(16)3-5-12/h2-9H,16H2,1H3,(H,18,20). The Kier molecular flexibility index (Phi) is 3.19. The fourth-order valence-corrected chi connectivity index (χ4v) is 2.00. The number of nitrogens with one attached hydrogen (secondary N) is 1. The number of hydrogen-bond donors (Lipinski definition) is 2. The van der Waals surface area contributed by atoms with Gasteiger partial charge in [0.05, 0.1) is 18.1 Å². The van der Waals surface area contributed by atoms with Crippen LogP contribution < -0.4 is 11.1 Å². The van der Waals surface area contributed by atoms with Gasteiger partial charge < -0.3 is 15.5 Å². The van der Waals surface area contributed by atoms with E-state index in [2.05, 4.69) is 10.4 Å². The molecular weight excluding hydrogens is 268 g/mol. The van der Waals surface area contributed by atoms with Crippen molar-refractivity contribution in [2.45, 2.75) is 6.92 Å². The maximum Gasteiger partial charge on any atom is 0.292 e. The molecule has 0 spiro atoms. The first kappa shape index (κ1) is 13.0. The second-order valence-corrected chi connectivity index (χ2v) is 4.61. The molecule has 0 unspecified atom stereocenters. The number of aryl methyl sites for hydroxylation is 1. The highest BCUT2D eigenvalue weighted by Crippen LogP contribution is 2.18. The molecule has 6 heteroatoms. The lowest BCUT2D eigenvalue weighted by Gasteiger charge is -2.08. The maximum atomic E-state index is 12.2. The van der Waals surface area contributed by atoms with Gasteiger partial charge in [-0.15, -0.1) is 0 Å². The summed E-state index contributed by atoms with van der Waals surface area (Å²) in [7, 11) is 0. The molecule has 0 fully saturated rings. The molecule has 0 saturated heterocycles. The second kappa shape index (κ2) is 5.16. The summed E-state index contributed by atoms with van der Waals surface area (Å²) in [5.41, 5.74) is 7.93. The molecule has 106 valence electrons. The summed E-state index contributed by atoms with van der Waals surface area (Å²) >= 11 is 0. The van der Waals surface area contributed by atoms with Gasteiger partial charge in [0.1, 0.15) is 5.82 Å². The van der Waals surface area contributed by atoms with E-state index in [4.69, 9.17) is 10.2 Å². The van der Waals surface area contributed by atoms with Gasteiger partial charge in [-0.25, -0.2) is 4.68 Å². The lowest BCUT2D eigenvalue weighted by atomic mass is 10.2. The molecule has 0 atom stereocenters. The maximum absolute atomic E-state index is 12.2. The minimum atomic E-state index is -0.310. The molecule has 1 aromatic carbocycles. The third-order valence-corrected chi connectivity index (χ3v) is 3.09. The number of hydrogen-bond acceptors (Lipinski definition) is 4. The van der Waals surface area contributed by atoms with Crippen molar-refractivity contribution in [3.05, 3.63) is 60.2 Å². The number of nitrogens with zero attached hydrogens (tertiary/aromatic N) is 2. The van der Waals surface area contributed by atoms with Crippen LogP contribution in [0.5, 0.6) is 0 Å². The van der Waals surface area contributed by atoms with Crippen molar-refractivity contribution < 1.29 is 9.21 Å². The molecule has 3 rings (SSSR count). The van der Waals surface area contributed by atoms with Crippen molar-refractivity contribution >= 4 is 17.4 Å². The molecule has 2 aromatic heterocycles. The smallest absolute Gasteiger partial charge is 0.292 e. The lowest BCUT2D eigenvalue weighted by Crippen LogP contribution is -2.15. The number of carbonyl (C=O) groups is 1. The summed E-state index contributed by atoms with van der Waals surface area (Å²) < 4.78 is 6.80. The zero-order chi connectivity index (χ0) is 14.8. The number of nitrogens with two attached hydrogens (primary N) is 1. The first-order chi connectivity index (χ1) is 10.1. The number of aromatic nitrogens is 2. The molecule has 21 heavy (non-hydrogen) atoms. The number of carbonyl (C=O) groups excluding carboxylic acids is 1. The van der Waals surface area contributed by atoms with Crippen molar-refractivity contribution in [1.82, 2.24) is 9.78 Å². The van der Waals surface area contributed by atoms with E-state index in [1.54, 1.807) is 35.1 Å². The van der Waals surface area contributed by atoms with Crippen molar-refractivity contribution in [1.29, 1.82) is 0 Å². The van der Waals surface area contributed by atoms with E-state index in [0.717, 1.165) is 11.3 Å². The molecule has 6 nitrogen and oxygen atoms in total. The number of furan rings is 1. The first-order valence-electron chi connectivity index (χ1n) is 6.40. The highest BCUT2D eigenvalue weighted by Gasteiger charge is 2.15. The van der Waals surface area contributed by atoms with Crippen molar-refractivity contribution in [2.75, 3.05) is 11.1 Å². The number of rotatable bonds is 3. The molecule has 3 aromatic rings. The second-order valence-electron chi connectivity index (χ2n) is 4.61. The predicted octanol–water partition coefficient (Wildman–Crippen LogP) is 2.61. The van der Waals surface area contributed by atoms with Crippen LogP contribution in [0.1, 0.15) is 16.1 Å². The van der Waals surface area contributed by atoms with Crippen LogP contribution in [0, 0.1) is 6.92 Å². The van der Waals surface area contributed by atoms with Crippen LogP contribution in [-0.4, -0.2) is 15.7 Å². The summed E-state index contributed by atoms with van der Waals surface area (Å²) in [5.74, 6) is 0.537. The summed E-state index contributed by atoms with van der Waals surface area (Å²) in [6.07, 6.45) is 3.10. The Labute approximate surface area is 121 Å². The Morgan fingerprint density at radius 3 is 2.67 bits per heavy atom. The first-order valence-corrected chi connectivity index (χ1v) is 6.40. The van der Waals surface area contributed by atoms with Crippen molar-refractivity contribution in [2.24, 2.45) is 0 Å². The third-order valence-electron chi connectivity index (χ3n) is 3.09. The topological polar surface area (TPSA) is 86.1 Å². The van der Waals surface area contributed by atoms with Gasteiger partial charge in [0.2, 0.25) is 0 Å². The van der Waals surface area contributed by atoms with Crippen LogP contribution in [0.25, 0.3) is 5.69 Å². The Bertz CT molecular complexity index is 771. The molecule has 0 aliphatic rings. The average Bonchev–Trinajstić information content (AvgIpc) is 3.09. The Hall–Kier alpha value is -3.02. The number of benzene rings is 1. The number of amides is 1. The van der Waals surface area contributed by atoms with Gasteiger partial charge in [-0.1, -0.05) is 0 Å². The molecule has 3 N–H and O–H groups in total. The van der Waals surface area contributed by atoms with Gasteiger partial charge in [-0.2, -0.15) is 5.10 Å². The van der Waals surface area contributed by atoms with Crippen molar-refractivity contribution in [3.63, 3.8) is 0 Å². The molecule has 0 aliphatic carbocycles. The molecular formula is C15H14N4O2. The third kappa shape index (κ3) is 2.51. The van der Waals surface area contributed by atoms with Crippen LogP contribution in [0.2, 0.25) is 0 Å². The fourth-order valence-electron chi connectivity index (χ4n) is 2.00. The van der Waals surface area contributed by atoms with Crippen LogP contribution in [-0.2, 0) is 0 Å². The van der Waals surface area contributed by atoms with E-state index in [9.17, 15) is 4.79 Å². The van der Waals surface area contributed by atoms with Crippen LogP contribution in [0.15, 0.2) is 53.3 Å². The Morgan fingerprint density at radius 2 is 2.00 bits per heavy atom. The zero-order valence-corrected chi connectivity index (χ0v) is 11.4. The van der Waals surface area contributed by atoms with Gasteiger partial charge in [-0.05, 0) is 37.3 Å². The van der Waals surface area contributed by atoms with E-state index >= 15 is 0 Å². The molecule has 0 aliphatic heterocycles. The van der Waals surface area contributed by atoms with Crippen LogP contribution in [0.3, 0.4) is 0 Å². The monoisotopic (exact) mass is 282 g/mol. The minimum absolute atomic E-state index is 0.292. The highest BCUT2D eigenvalue weighted by atomic mass is 16.3. The summed E-state index contributed by atoms with van der Waals surface area (Å²) in [6, 6.07) is 10.7. The average molecular weight is 282 g/mol.